The Morgan fingerprint density at radius 3 is 2.35 bits per heavy atom. The van der Waals surface area contributed by atoms with Gasteiger partial charge in [-0.1, -0.05) is 23.7 Å². The van der Waals surface area contributed by atoms with Gasteiger partial charge >= 0.3 is 5.97 Å². The lowest BCUT2D eigenvalue weighted by molar-refractivity contribution is -0.146. The van der Waals surface area contributed by atoms with Gasteiger partial charge in [0.25, 0.3) is 5.91 Å². The predicted molar refractivity (Wildman–Crippen MR) is 98.4 cm³/mol. The maximum Gasteiger partial charge on any atom is 0.309 e. The molecular weight excluding hydrogens is 358 g/mol. The van der Waals surface area contributed by atoms with Gasteiger partial charge in [-0.2, -0.15) is 5.10 Å². The Morgan fingerprint density at radius 2 is 1.88 bits per heavy atom. The second kappa shape index (κ2) is 7.47. The number of aromatic nitrogens is 2. The van der Waals surface area contributed by atoms with Crippen LogP contribution < -0.4 is 5.32 Å². The smallest absolute Gasteiger partial charge is 0.309 e. The first-order valence-electron chi connectivity index (χ1n) is 8.07. The van der Waals surface area contributed by atoms with Gasteiger partial charge in [0, 0.05) is 12.7 Å². The number of hydrogen-bond acceptors (Lipinski definition) is 4. The van der Waals surface area contributed by atoms with Crippen LogP contribution in [0.15, 0.2) is 24.3 Å². The summed E-state index contributed by atoms with van der Waals surface area (Å²) >= 11 is 6.15. The summed E-state index contributed by atoms with van der Waals surface area (Å²) in [4.78, 5) is 23.7. The van der Waals surface area contributed by atoms with Crippen LogP contribution in [0.25, 0.3) is 0 Å². The number of carbonyl (C=O) groups excluding carboxylic acids is 1. The van der Waals surface area contributed by atoms with Crippen molar-refractivity contribution in [3.63, 3.8) is 0 Å². The van der Waals surface area contributed by atoms with Crippen LogP contribution in [-0.4, -0.2) is 31.9 Å². The van der Waals surface area contributed by atoms with Crippen LogP contribution in [0.1, 0.15) is 48.6 Å². The summed E-state index contributed by atoms with van der Waals surface area (Å²) in [6.45, 7) is 4.84. The number of anilines is 1. The van der Waals surface area contributed by atoms with E-state index in [0.29, 0.717) is 12.1 Å². The van der Waals surface area contributed by atoms with Gasteiger partial charge in [-0.25, -0.2) is 0 Å². The number of halogens is 1. The summed E-state index contributed by atoms with van der Waals surface area (Å²) in [6.07, 6.45) is -0.505. The van der Waals surface area contributed by atoms with E-state index in [1.807, 2.05) is 0 Å². The number of aryl methyl sites for hydroxylation is 1. The second-order valence-electron chi connectivity index (χ2n) is 6.86. The average Bonchev–Trinajstić information content (AvgIpc) is 2.84. The zero-order valence-corrected chi connectivity index (χ0v) is 15.8. The summed E-state index contributed by atoms with van der Waals surface area (Å²) in [6, 6.07) is 6.94. The summed E-state index contributed by atoms with van der Waals surface area (Å²) in [7, 11) is 1.57. The van der Waals surface area contributed by atoms with Crippen LogP contribution in [0.2, 0.25) is 5.02 Å². The van der Waals surface area contributed by atoms with Crippen LogP contribution in [0.4, 0.5) is 5.69 Å². The van der Waals surface area contributed by atoms with E-state index in [1.54, 1.807) is 45.2 Å². The molecule has 2 aromatic rings. The fraction of sp³-hybridized carbons (Fsp3) is 0.389. The Kier molecular flexibility index (Phi) is 5.73. The predicted octanol–water partition coefficient (Wildman–Crippen LogP) is 3.03. The molecule has 1 unspecified atom stereocenters. The van der Waals surface area contributed by atoms with E-state index < -0.39 is 23.4 Å². The maximum absolute atomic E-state index is 12.5. The molecule has 0 aliphatic heterocycles. The zero-order valence-electron chi connectivity index (χ0n) is 15.1. The Labute approximate surface area is 156 Å². The molecule has 0 radical (unpaired) electrons. The van der Waals surface area contributed by atoms with E-state index in [1.165, 1.54) is 11.6 Å². The summed E-state index contributed by atoms with van der Waals surface area (Å²) in [5.41, 5.74) is 0.919. The molecule has 8 heteroatoms. The third-order valence-electron chi connectivity index (χ3n) is 4.06. The first-order valence-corrected chi connectivity index (χ1v) is 8.45. The number of nitrogens with one attached hydrogen (secondary N) is 1. The van der Waals surface area contributed by atoms with Gasteiger partial charge in [0.15, 0.2) is 0 Å². The monoisotopic (exact) mass is 379 g/mol. The lowest BCUT2D eigenvalue weighted by atomic mass is 9.86. The van der Waals surface area contributed by atoms with Crippen LogP contribution in [0.5, 0.6) is 0 Å². The van der Waals surface area contributed by atoms with Crippen molar-refractivity contribution in [3.05, 3.63) is 46.2 Å². The van der Waals surface area contributed by atoms with Crippen molar-refractivity contribution in [2.24, 2.45) is 12.5 Å². The number of carboxylic acids is 1. The molecule has 1 atom stereocenters. The van der Waals surface area contributed by atoms with Gasteiger partial charge in [-0.15, -0.1) is 0 Å². The van der Waals surface area contributed by atoms with Gasteiger partial charge in [0.2, 0.25) is 0 Å². The molecule has 0 fully saturated rings. The topological polar surface area (TPSA) is 104 Å². The van der Waals surface area contributed by atoms with E-state index in [0.717, 1.165) is 5.56 Å². The van der Waals surface area contributed by atoms with Crippen molar-refractivity contribution in [3.8, 4) is 0 Å². The molecule has 1 amide bonds. The molecule has 0 spiro atoms. The lowest BCUT2D eigenvalue weighted by Gasteiger charge is -2.19. The summed E-state index contributed by atoms with van der Waals surface area (Å²) < 4.78 is 1.32. The zero-order chi connectivity index (χ0) is 19.6. The highest BCUT2D eigenvalue weighted by Crippen LogP contribution is 2.27. The van der Waals surface area contributed by atoms with E-state index in [9.17, 15) is 19.8 Å². The first-order chi connectivity index (χ1) is 12.0. The van der Waals surface area contributed by atoms with Crippen molar-refractivity contribution in [2.45, 2.75) is 33.3 Å². The van der Waals surface area contributed by atoms with E-state index in [2.05, 4.69) is 10.4 Å². The normalized spacial score (nSPS) is 12.7. The van der Waals surface area contributed by atoms with Crippen molar-refractivity contribution >= 4 is 29.2 Å². The number of rotatable bonds is 6. The fourth-order valence-corrected chi connectivity index (χ4v) is 2.92. The molecule has 0 aliphatic carbocycles. The molecule has 26 heavy (non-hydrogen) atoms. The minimum Gasteiger partial charge on any atom is -0.481 e. The Bertz CT molecular complexity index is 826. The highest BCUT2D eigenvalue weighted by atomic mass is 35.5. The first kappa shape index (κ1) is 19.9. The Hall–Kier alpha value is -2.38. The third kappa shape index (κ3) is 4.23. The number of aliphatic hydroxyl groups is 1. The molecule has 1 aromatic heterocycles. The lowest BCUT2D eigenvalue weighted by Crippen LogP contribution is -2.26. The molecule has 1 heterocycles. The largest absolute Gasteiger partial charge is 0.481 e. The standard InChI is InChI=1S/C18H22ClN3O4/c1-10(23)14-13(19)15(22(4)21-14)16(24)20-12-7-5-11(6-8-12)9-18(2,3)17(25)26/h5-8,10,23H,9H2,1-4H3,(H,20,24)(H,25,26). The quantitative estimate of drug-likeness (QED) is 0.715. The van der Waals surface area contributed by atoms with Gasteiger partial charge < -0.3 is 15.5 Å². The highest BCUT2D eigenvalue weighted by Gasteiger charge is 2.27. The molecular formula is C18H22ClN3O4. The molecule has 0 saturated heterocycles. The maximum atomic E-state index is 12.5. The minimum atomic E-state index is -0.882. The molecule has 2 rings (SSSR count). The molecule has 0 saturated carbocycles. The van der Waals surface area contributed by atoms with Gasteiger partial charge in [0.05, 0.1) is 16.5 Å². The van der Waals surface area contributed by atoms with Crippen molar-refractivity contribution in [1.82, 2.24) is 9.78 Å². The van der Waals surface area contributed by atoms with E-state index in [-0.39, 0.29) is 16.4 Å². The number of aliphatic carboxylic acids is 1. The van der Waals surface area contributed by atoms with Gasteiger partial charge in [0.1, 0.15) is 11.4 Å². The van der Waals surface area contributed by atoms with Crippen LogP contribution in [0.3, 0.4) is 0 Å². The van der Waals surface area contributed by atoms with Crippen LogP contribution in [0, 0.1) is 5.41 Å². The van der Waals surface area contributed by atoms with Gasteiger partial charge in [-0.3, -0.25) is 14.3 Å². The van der Waals surface area contributed by atoms with Gasteiger partial charge in [-0.05, 0) is 44.9 Å². The molecule has 7 nitrogen and oxygen atoms in total. The van der Waals surface area contributed by atoms with E-state index in [4.69, 9.17) is 11.6 Å². The number of hydrogen-bond donors (Lipinski definition) is 3. The third-order valence-corrected chi connectivity index (χ3v) is 4.43. The van der Waals surface area contributed by atoms with Crippen molar-refractivity contribution in [1.29, 1.82) is 0 Å². The number of nitrogens with zero attached hydrogens (tertiary/aromatic N) is 2. The minimum absolute atomic E-state index is 0.111. The summed E-state index contributed by atoms with van der Waals surface area (Å²) in [5.74, 6) is -1.31. The molecule has 1 aromatic carbocycles. The number of aliphatic hydroxyl groups excluding tert-OH is 1. The number of carboxylic acid groups (broad SMARTS) is 1. The van der Waals surface area contributed by atoms with Crippen LogP contribution >= 0.6 is 11.6 Å². The summed E-state index contributed by atoms with van der Waals surface area (Å²) in [5, 5.41) is 25.7. The average molecular weight is 380 g/mol. The van der Waals surface area contributed by atoms with Crippen molar-refractivity contribution in [2.75, 3.05) is 5.32 Å². The Balaban J connectivity index is 2.15. The highest BCUT2D eigenvalue weighted by molar-refractivity contribution is 6.34. The molecule has 140 valence electrons. The number of amides is 1. The Morgan fingerprint density at radius 1 is 1.31 bits per heavy atom. The van der Waals surface area contributed by atoms with E-state index >= 15 is 0 Å². The molecule has 0 aliphatic rings. The second-order valence-corrected chi connectivity index (χ2v) is 7.24. The molecule has 3 N–H and O–H groups in total. The molecule has 0 bridgehead atoms. The van der Waals surface area contributed by atoms with Crippen LogP contribution in [-0.2, 0) is 18.3 Å². The number of carbonyl (C=O) groups is 2. The SMILES string of the molecule is CC(O)c1nn(C)c(C(=O)Nc2ccc(CC(C)(C)C(=O)O)cc2)c1Cl. The fourth-order valence-electron chi connectivity index (χ4n) is 2.51. The number of benzene rings is 1. The van der Waals surface area contributed by atoms with Crippen molar-refractivity contribution < 1.29 is 19.8 Å².